The molecule has 0 N–H and O–H groups in total. The van der Waals surface area contributed by atoms with Crippen LogP contribution >= 0.6 is 12.6 Å². The predicted octanol–water partition coefficient (Wildman–Crippen LogP) is 12.4. The highest BCUT2D eigenvalue weighted by atomic mass is 32.1. The highest BCUT2D eigenvalue weighted by Gasteiger charge is 2.26. The van der Waals surface area contributed by atoms with Crippen molar-refractivity contribution >= 4 is 34.7 Å². The summed E-state index contributed by atoms with van der Waals surface area (Å²) in [6.45, 7) is 0. The Kier molecular flexibility index (Phi) is 7.86. The summed E-state index contributed by atoms with van der Waals surface area (Å²) in [5.41, 5.74) is 14.6. The minimum absolute atomic E-state index is 0.591. The molecule has 7 heteroatoms. The van der Waals surface area contributed by atoms with Crippen molar-refractivity contribution in [3.05, 3.63) is 181 Å². The third-order valence-corrected chi connectivity index (χ3v) is 11.1. The molecule has 3 heterocycles. The number of aromatic nitrogens is 5. The van der Waals surface area contributed by atoms with E-state index in [1.54, 1.807) is 0 Å². The maximum absolute atomic E-state index is 6.39. The molecule has 0 saturated heterocycles. The van der Waals surface area contributed by atoms with Crippen LogP contribution in [0, 0.1) is 0 Å². The monoisotopic (exact) mass is 749 g/mol. The summed E-state index contributed by atoms with van der Waals surface area (Å²) in [5.74, 6) is 2.48. The summed E-state index contributed by atoms with van der Waals surface area (Å²) in [4.78, 5) is 26.6. The van der Waals surface area contributed by atoms with Crippen molar-refractivity contribution < 1.29 is 4.42 Å². The zero-order valence-electron chi connectivity index (χ0n) is 30.5. The minimum Gasteiger partial charge on any atom is -0.452 e. The molecule has 57 heavy (non-hydrogen) atoms. The van der Waals surface area contributed by atoms with Gasteiger partial charge in [-0.3, -0.25) is 0 Å². The van der Waals surface area contributed by atoms with E-state index in [2.05, 4.69) is 72.8 Å². The molecule has 11 rings (SSSR count). The molecule has 0 spiro atoms. The van der Waals surface area contributed by atoms with Gasteiger partial charge in [0.2, 0.25) is 0 Å². The Hall–Kier alpha value is -7.22. The van der Waals surface area contributed by atoms with Gasteiger partial charge in [-0.25, -0.2) is 24.9 Å². The molecular weight excluding hydrogens is 719 g/mol. The van der Waals surface area contributed by atoms with E-state index < -0.39 is 0 Å². The molecule has 0 atom stereocenters. The van der Waals surface area contributed by atoms with Crippen LogP contribution in [-0.2, 0) is 6.42 Å². The van der Waals surface area contributed by atoms with E-state index in [-0.39, 0.29) is 0 Å². The van der Waals surface area contributed by atoms with Gasteiger partial charge in [0.05, 0.1) is 0 Å². The molecule has 1 aliphatic rings. The standard InChI is InChI=1S/C50H31N5OS/c57-42-25-13-23-39(43(42)30-14-4-1-5-15-30)50-54-47(32-18-8-3-9-19-32)53-48(55-50)33-26-27-35-34(28-33)29-40-36(35)21-12-22-37(40)49-51-44(31-16-6-2-7-17-31)46-45(52-49)38-20-10-11-24-41(38)56-46/h1-28,57H,29H2. The number of rotatable bonds is 6. The lowest BCUT2D eigenvalue weighted by molar-refractivity contribution is 0.667. The number of fused-ring (bicyclic) bond motifs is 6. The normalized spacial score (nSPS) is 11.9. The Balaban J connectivity index is 1.04. The van der Waals surface area contributed by atoms with Crippen LogP contribution in [0.2, 0.25) is 0 Å². The number of hydrogen-bond donors (Lipinski definition) is 1. The molecule has 0 radical (unpaired) electrons. The first-order chi connectivity index (χ1) is 28.2. The van der Waals surface area contributed by atoms with Crippen molar-refractivity contribution in [2.24, 2.45) is 0 Å². The number of hydrogen-bond acceptors (Lipinski definition) is 7. The molecule has 3 aromatic heterocycles. The van der Waals surface area contributed by atoms with Crippen molar-refractivity contribution in [2.75, 3.05) is 0 Å². The van der Waals surface area contributed by atoms with Crippen LogP contribution in [0.4, 0.5) is 0 Å². The second-order valence-corrected chi connectivity index (χ2v) is 14.6. The smallest absolute Gasteiger partial charge is 0.180 e. The van der Waals surface area contributed by atoms with E-state index >= 15 is 0 Å². The molecule has 0 bridgehead atoms. The van der Waals surface area contributed by atoms with E-state index in [9.17, 15) is 0 Å². The Labute approximate surface area is 334 Å². The van der Waals surface area contributed by atoms with E-state index in [1.807, 2.05) is 97.1 Å². The van der Waals surface area contributed by atoms with Crippen molar-refractivity contribution in [2.45, 2.75) is 11.3 Å². The largest absolute Gasteiger partial charge is 0.452 e. The summed E-state index contributed by atoms with van der Waals surface area (Å²) in [7, 11) is 0. The molecule has 0 unspecified atom stereocenters. The van der Waals surface area contributed by atoms with Crippen LogP contribution in [0.25, 0.3) is 101 Å². The zero-order valence-corrected chi connectivity index (χ0v) is 31.4. The quantitative estimate of drug-likeness (QED) is 0.171. The average Bonchev–Trinajstić information content (AvgIpc) is 3.85. The Morgan fingerprint density at radius 2 is 1.05 bits per heavy atom. The van der Waals surface area contributed by atoms with Crippen LogP contribution in [0.3, 0.4) is 0 Å². The maximum atomic E-state index is 6.39. The summed E-state index contributed by atoms with van der Waals surface area (Å²) >= 11 is 4.89. The van der Waals surface area contributed by atoms with E-state index in [4.69, 9.17) is 42.0 Å². The first-order valence-corrected chi connectivity index (χ1v) is 19.3. The molecule has 0 saturated carbocycles. The lowest BCUT2D eigenvalue weighted by atomic mass is 9.98. The Bertz CT molecular complexity index is 3160. The molecule has 268 valence electrons. The number of thiol groups is 1. The lowest BCUT2D eigenvalue weighted by Gasteiger charge is -2.14. The van der Waals surface area contributed by atoms with Gasteiger partial charge in [-0.1, -0.05) is 146 Å². The molecule has 1 aliphatic carbocycles. The lowest BCUT2D eigenvalue weighted by Crippen LogP contribution is -2.01. The molecule has 7 aromatic carbocycles. The number of para-hydroxylation sites is 1. The maximum Gasteiger partial charge on any atom is 0.180 e. The summed E-state index contributed by atoms with van der Waals surface area (Å²) in [5, 5.41) is 0.970. The van der Waals surface area contributed by atoms with Crippen molar-refractivity contribution in [1.82, 2.24) is 24.9 Å². The number of furan rings is 1. The van der Waals surface area contributed by atoms with E-state index in [1.165, 1.54) is 22.3 Å². The van der Waals surface area contributed by atoms with Crippen molar-refractivity contribution in [1.29, 1.82) is 0 Å². The van der Waals surface area contributed by atoms with Crippen LogP contribution in [0.15, 0.2) is 179 Å². The van der Waals surface area contributed by atoms with Crippen molar-refractivity contribution in [3.8, 4) is 79.1 Å². The van der Waals surface area contributed by atoms with Gasteiger partial charge in [-0.05, 0) is 58.5 Å². The van der Waals surface area contributed by atoms with Gasteiger partial charge in [-0.2, -0.15) is 0 Å². The van der Waals surface area contributed by atoms with Gasteiger partial charge in [0.15, 0.2) is 28.9 Å². The molecular formula is C50H31N5OS. The topological polar surface area (TPSA) is 77.6 Å². The minimum atomic E-state index is 0.591. The summed E-state index contributed by atoms with van der Waals surface area (Å²) in [6, 6.07) is 57.6. The Morgan fingerprint density at radius 3 is 1.84 bits per heavy atom. The number of benzene rings is 7. The summed E-state index contributed by atoms with van der Waals surface area (Å²) in [6.07, 6.45) is 0.715. The first-order valence-electron chi connectivity index (χ1n) is 18.9. The third kappa shape index (κ3) is 5.71. The Morgan fingerprint density at radius 1 is 0.439 bits per heavy atom. The van der Waals surface area contributed by atoms with Gasteiger partial charge >= 0.3 is 0 Å². The third-order valence-electron chi connectivity index (χ3n) is 10.7. The molecule has 6 nitrogen and oxygen atoms in total. The van der Waals surface area contributed by atoms with Gasteiger partial charge in [-0.15, -0.1) is 12.6 Å². The van der Waals surface area contributed by atoms with Crippen LogP contribution in [0.1, 0.15) is 11.1 Å². The van der Waals surface area contributed by atoms with Gasteiger partial charge < -0.3 is 4.42 Å². The highest BCUT2D eigenvalue weighted by molar-refractivity contribution is 7.80. The van der Waals surface area contributed by atoms with Crippen LogP contribution in [0.5, 0.6) is 0 Å². The average molecular weight is 750 g/mol. The first kappa shape index (κ1) is 33.1. The SMILES string of the molecule is Sc1cccc(-c2nc(-c3ccccc3)nc(-c3ccc4c(c3)Cc3c(-c5nc(-c6ccccc6)c6oc7ccccc7c6n5)cccc3-4)n2)c1-c1ccccc1. The fraction of sp³-hybridized carbons (Fsp3) is 0.0200. The molecule has 0 amide bonds. The second kappa shape index (κ2) is 13.5. The zero-order chi connectivity index (χ0) is 37.9. The van der Waals surface area contributed by atoms with Gasteiger partial charge in [0.1, 0.15) is 16.8 Å². The van der Waals surface area contributed by atoms with Crippen LogP contribution < -0.4 is 0 Å². The molecule has 0 fully saturated rings. The number of nitrogens with zero attached hydrogens (tertiary/aromatic N) is 5. The van der Waals surface area contributed by atoms with Crippen LogP contribution in [-0.4, -0.2) is 24.9 Å². The van der Waals surface area contributed by atoms with E-state index in [0.29, 0.717) is 35.3 Å². The fourth-order valence-corrected chi connectivity index (χ4v) is 8.39. The van der Waals surface area contributed by atoms with Gasteiger partial charge in [0.25, 0.3) is 0 Å². The second-order valence-electron chi connectivity index (χ2n) is 14.2. The fourth-order valence-electron chi connectivity index (χ4n) is 8.05. The predicted molar refractivity (Wildman–Crippen MR) is 231 cm³/mol. The van der Waals surface area contributed by atoms with E-state index in [0.717, 1.165) is 66.0 Å². The summed E-state index contributed by atoms with van der Waals surface area (Å²) < 4.78 is 6.39. The van der Waals surface area contributed by atoms with Gasteiger partial charge in [0, 0.05) is 43.7 Å². The molecule has 10 aromatic rings. The van der Waals surface area contributed by atoms with Crippen molar-refractivity contribution in [3.63, 3.8) is 0 Å². The highest BCUT2D eigenvalue weighted by Crippen LogP contribution is 2.44. The molecule has 0 aliphatic heterocycles.